The molecule has 2 rings (SSSR count). The van der Waals surface area contributed by atoms with E-state index in [-0.39, 0.29) is 5.43 Å². The second kappa shape index (κ2) is 3.67. The van der Waals surface area contributed by atoms with E-state index in [9.17, 15) is 4.79 Å². The van der Waals surface area contributed by atoms with Crippen LogP contribution in [0.1, 0.15) is 0 Å². The van der Waals surface area contributed by atoms with Crippen molar-refractivity contribution >= 4 is 30.4 Å². The van der Waals surface area contributed by atoms with Gasteiger partial charge in [0.1, 0.15) is 0 Å². The summed E-state index contributed by atoms with van der Waals surface area (Å²) in [6.45, 7) is 0. The maximum absolute atomic E-state index is 11.7. The molecule has 0 aliphatic heterocycles. The molecule has 1 aromatic carbocycles. The monoisotopic (exact) mass is 251 g/mol. The van der Waals surface area contributed by atoms with Crippen LogP contribution >= 0.6 is 0 Å². The summed E-state index contributed by atoms with van der Waals surface area (Å²) in [6, 6.07) is 7.03. The summed E-state index contributed by atoms with van der Waals surface area (Å²) in [5.41, 5.74) is 0.475. The topological polar surface area (TPSA) is 54.0 Å². The van der Waals surface area contributed by atoms with Crippen molar-refractivity contribution in [2.24, 2.45) is 0 Å². The Balaban J connectivity index is 2.77. The normalized spacial score (nSPS) is 9.93. The standard InChI is InChI=1S/C10H5NO2Se/c11-6-14-9-5-13-8-4-2-1-3-7(8)10(9)12/h1-5H. The Morgan fingerprint density at radius 1 is 1.36 bits per heavy atom. The van der Waals surface area contributed by atoms with Gasteiger partial charge in [-0.25, -0.2) is 0 Å². The number of hydrogen-bond acceptors (Lipinski definition) is 3. The fourth-order valence-electron chi connectivity index (χ4n) is 1.18. The van der Waals surface area contributed by atoms with Crippen LogP contribution in [0, 0.1) is 10.2 Å². The Morgan fingerprint density at radius 2 is 2.14 bits per heavy atom. The Kier molecular flexibility index (Phi) is 2.36. The molecule has 0 aliphatic rings. The van der Waals surface area contributed by atoms with Gasteiger partial charge in [-0.3, -0.25) is 0 Å². The summed E-state index contributed by atoms with van der Waals surface area (Å²) in [7, 11) is 0. The van der Waals surface area contributed by atoms with Crippen LogP contribution in [0.2, 0.25) is 0 Å². The van der Waals surface area contributed by atoms with E-state index in [1.165, 1.54) is 6.26 Å². The van der Waals surface area contributed by atoms with Crippen molar-refractivity contribution in [2.75, 3.05) is 0 Å². The number of fused-ring (bicyclic) bond motifs is 1. The molecule has 4 heteroatoms. The zero-order valence-electron chi connectivity index (χ0n) is 7.06. The fourth-order valence-corrected chi connectivity index (χ4v) is 2.01. The number of para-hydroxylation sites is 1. The van der Waals surface area contributed by atoms with E-state index in [2.05, 4.69) is 0 Å². The number of nitriles is 1. The molecule has 68 valence electrons. The predicted octanol–water partition coefficient (Wildman–Crippen LogP) is 0.604. The van der Waals surface area contributed by atoms with Crippen LogP contribution in [0.3, 0.4) is 0 Å². The second-order valence-electron chi connectivity index (χ2n) is 2.62. The first-order chi connectivity index (χ1) is 6.83. The average molecular weight is 250 g/mol. The fraction of sp³-hybridized carbons (Fsp3) is 0. The third-order valence-corrected chi connectivity index (χ3v) is 3.05. The molecule has 0 amide bonds. The van der Waals surface area contributed by atoms with E-state index in [0.717, 1.165) is 0 Å². The van der Waals surface area contributed by atoms with Gasteiger partial charge in [0.05, 0.1) is 0 Å². The first kappa shape index (κ1) is 9.01. The van der Waals surface area contributed by atoms with Crippen LogP contribution < -0.4 is 9.89 Å². The molecule has 0 aliphatic carbocycles. The van der Waals surface area contributed by atoms with Crippen molar-refractivity contribution in [2.45, 2.75) is 0 Å². The number of rotatable bonds is 1. The molecule has 0 spiro atoms. The summed E-state index contributed by atoms with van der Waals surface area (Å²) in [5, 5.41) is 9.06. The van der Waals surface area contributed by atoms with Gasteiger partial charge in [0.15, 0.2) is 0 Å². The van der Waals surface area contributed by atoms with Crippen molar-refractivity contribution in [1.82, 2.24) is 0 Å². The van der Waals surface area contributed by atoms with Gasteiger partial charge in [-0.15, -0.1) is 0 Å². The van der Waals surface area contributed by atoms with Crippen molar-refractivity contribution in [3.63, 3.8) is 0 Å². The number of hydrogen-bond donors (Lipinski definition) is 0. The minimum atomic E-state index is -0.454. The summed E-state index contributed by atoms with van der Waals surface area (Å²) >= 11 is -0.454. The van der Waals surface area contributed by atoms with E-state index in [1.807, 2.05) is 4.97 Å². The molecule has 3 nitrogen and oxygen atoms in total. The van der Waals surface area contributed by atoms with Gasteiger partial charge in [0.25, 0.3) is 0 Å². The molecule has 14 heavy (non-hydrogen) atoms. The predicted molar refractivity (Wildman–Crippen MR) is 53.5 cm³/mol. The van der Waals surface area contributed by atoms with E-state index in [0.29, 0.717) is 15.4 Å². The molecule has 0 N–H and O–H groups in total. The van der Waals surface area contributed by atoms with Gasteiger partial charge in [-0.1, -0.05) is 0 Å². The Hall–Kier alpha value is -1.56. The molecular weight excluding hydrogens is 245 g/mol. The molecule has 2 aromatic rings. The molecule has 0 radical (unpaired) electrons. The van der Waals surface area contributed by atoms with Gasteiger partial charge in [-0.2, -0.15) is 0 Å². The van der Waals surface area contributed by atoms with Crippen molar-refractivity contribution < 1.29 is 4.42 Å². The number of nitrogens with zero attached hydrogens (tertiary/aromatic N) is 1. The van der Waals surface area contributed by atoms with E-state index in [1.54, 1.807) is 24.3 Å². The van der Waals surface area contributed by atoms with E-state index in [4.69, 9.17) is 9.68 Å². The summed E-state index contributed by atoms with van der Waals surface area (Å²) in [5.74, 6) is 0. The van der Waals surface area contributed by atoms with Crippen molar-refractivity contribution in [3.8, 4) is 4.97 Å². The molecular formula is C10H5NO2Se. The average Bonchev–Trinajstić information content (AvgIpc) is 2.23. The zero-order valence-corrected chi connectivity index (χ0v) is 8.77. The third kappa shape index (κ3) is 1.44. The third-order valence-electron chi connectivity index (χ3n) is 1.80. The van der Waals surface area contributed by atoms with Gasteiger partial charge in [0.2, 0.25) is 0 Å². The molecule has 0 saturated carbocycles. The summed E-state index contributed by atoms with van der Waals surface area (Å²) < 4.78 is 5.71. The van der Waals surface area contributed by atoms with Crippen LogP contribution in [0.25, 0.3) is 11.0 Å². The minimum absolute atomic E-state index is 0.0894. The van der Waals surface area contributed by atoms with Gasteiger partial charge < -0.3 is 0 Å². The maximum atomic E-state index is 11.7. The van der Waals surface area contributed by atoms with Crippen LogP contribution in [-0.4, -0.2) is 15.0 Å². The first-order valence-electron chi connectivity index (χ1n) is 3.89. The van der Waals surface area contributed by atoms with Gasteiger partial charge in [0, 0.05) is 0 Å². The quantitative estimate of drug-likeness (QED) is 0.696. The van der Waals surface area contributed by atoms with Crippen molar-refractivity contribution in [1.29, 1.82) is 5.26 Å². The Bertz CT molecular complexity index is 568. The Morgan fingerprint density at radius 3 is 2.93 bits per heavy atom. The van der Waals surface area contributed by atoms with Crippen molar-refractivity contribution in [3.05, 3.63) is 40.8 Å². The van der Waals surface area contributed by atoms with Crippen LogP contribution in [0.15, 0.2) is 39.7 Å². The summed E-state index contributed by atoms with van der Waals surface area (Å²) in [6.07, 6.45) is 1.38. The first-order valence-corrected chi connectivity index (χ1v) is 5.60. The van der Waals surface area contributed by atoms with Crippen LogP contribution in [0.4, 0.5) is 0 Å². The molecule has 0 unspecified atom stereocenters. The number of benzene rings is 1. The van der Waals surface area contributed by atoms with Crippen LogP contribution in [-0.2, 0) is 0 Å². The molecule has 0 saturated heterocycles. The molecule has 0 fully saturated rings. The molecule has 1 heterocycles. The molecule has 1 aromatic heterocycles. The van der Waals surface area contributed by atoms with Gasteiger partial charge >= 0.3 is 85.8 Å². The van der Waals surface area contributed by atoms with Gasteiger partial charge in [-0.05, 0) is 0 Å². The SMILES string of the molecule is N#C[Se]c1coc2ccccc2c1=O. The molecule has 0 atom stereocenters. The summed E-state index contributed by atoms with van der Waals surface area (Å²) in [4.78, 5) is 13.7. The zero-order chi connectivity index (χ0) is 9.97. The van der Waals surface area contributed by atoms with E-state index < -0.39 is 15.0 Å². The van der Waals surface area contributed by atoms with Crippen LogP contribution in [0.5, 0.6) is 0 Å². The Labute approximate surface area is 86.1 Å². The van der Waals surface area contributed by atoms with E-state index >= 15 is 0 Å². The second-order valence-corrected chi connectivity index (χ2v) is 4.35. The molecule has 0 bridgehead atoms.